The summed E-state index contributed by atoms with van der Waals surface area (Å²) in [6, 6.07) is 1.95. The Hall–Kier alpha value is -1.08. The van der Waals surface area contributed by atoms with E-state index in [9.17, 15) is 0 Å². The lowest BCUT2D eigenvalue weighted by atomic mass is 10.4. The van der Waals surface area contributed by atoms with E-state index in [1.165, 1.54) is 18.6 Å². The highest BCUT2D eigenvalue weighted by Gasteiger charge is 2.01. The van der Waals surface area contributed by atoms with Crippen LogP contribution >= 0.6 is 11.5 Å². The number of nitrogens with zero attached hydrogens (tertiary/aromatic N) is 2. The fourth-order valence-electron chi connectivity index (χ4n) is 0.448. The first-order valence-corrected chi connectivity index (χ1v) is 3.10. The van der Waals surface area contributed by atoms with E-state index < -0.39 is 0 Å². The highest BCUT2D eigenvalue weighted by Crippen LogP contribution is 2.15. The minimum Gasteiger partial charge on any atom is -0.479 e. The fourth-order valence-corrected chi connectivity index (χ4v) is 1.03. The van der Waals surface area contributed by atoms with Gasteiger partial charge >= 0.3 is 0 Å². The number of ether oxygens (including phenoxy) is 1. The lowest BCUT2D eigenvalue weighted by Crippen LogP contribution is -1.83. The van der Waals surface area contributed by atoms with Crippen molar-refractivity contribution in [2.24, 2.45) is 0 Å². The molecule has 0 aliphatic heterocycles. The number of hydrogen-bond acceptors (Lipinski definition) is 4. The smallest absolute Gasteiger partial charge is 0.243 e. The van der Waals surface area contributed by atoms with Gasteiger partial charge in [0.2, 0.25) is 5.88 Å². The molecule has 0 unspecified atom stereocenters. The van der Waals surface area contributed by atoms with Gasteiger partial charge < -0.3 is 4.74 Å². The Kier molecular flexibility index (Phi) is 1.66. The topological polar surface area (TPSA) is 45.9 Å². The summed E-state index contributed by atoms with van der Waals surface area (Å²) >= 11 is 1.22. The summed E-state index contributed by atoms with van der Waals surface area (Å²) in [6.45, 7) is 0. The summed E-state index contributed by atoms with van der Waals surface area (Å²) in [7, 11) is 1.50. The van der Waals surface area contributed by atoms with E-state index >= 15 is 0 Å². The van der Waals surface area contributed by atoms with Gasteiger partial charge in [-0.15, -0.1) is 0 Å². The molecule has 1 aromatic heterocycles. The molecule has 4 heteroatoms. The van der Waals surface area contributed by atoms with Crippen LogP contribution in [0.3, 0.4) is 0 Å². The first-order valence-electron chi connectivity index (χ1n) is 2.27. The fraction of sp³-hybridized carbons (Fsp3) is 0.200. The molecule has 9 heavy (non-hydrogen) atoms. The molecular formula is C5H4N2OS. The first kappa shape index (κ1) is 6.05. The Balaban J connectivity index is 3.02. The average Bonchev–Trinajstić information content (AvgIpc) is 2.33. The van der Waals surface area contributed by atoms with Crippen molar-refractivity contribution in [3.05, 3.63) is 10.9 Å². The van der Waals surface area contributed by atoms with Crippen molar-refractivity contribution >= 4 is 11.5 Å². The van der Waals surface area contributed by atoms with Crippen molar-refractivity contribution in [3.8, 4) is 11.9 Å². The maximum Gasteiger partial charge on any atom is 0.243 e. The van der Waals surface area contributed by atoms with Crippen LogP contribution in [0.4, 0.5) is 0 Å². The van der Waals surface area contributed by atoms with Gasteiger partial charge in [-0.2, -0.15) is 9.64 Å². The molecule has 0 bridgehead atoms. The molecule has 0 saturated carbocycles. The van der Waals surface area contributed by atoms with Crippen LogP contribution in [0.5, 0.6) is 5.88 Å². The monoisotopic (exact) mass is 140 g/mol. The molecule has 3 nitrogen and oxygen atoms in total. The van der Waals surface area contributed by atoms with Gasteiger partial charge in [-0.1, -0.05) is 0 Å². The number of hydrogen-bond donors (Lipinski definition) is 0. The zero-order valence-corrected chi connectivity index (χ0v) is 5.60. The second kappa shape index (κ2) is 2.46. The number of nitriles is 1. The van der Waals surface area contributed by atoms with Crippen LogP contribution in [0.15, 0.2) is 5.38 Å². The third kappa shape index (κ3) is 1.00. The highest BCUT2D eigenvalue weighted by atomic mass is 32.1. The van der Waals surface area contributed by atoms with Crippen LogP contribution < -0.4 is 4.74 Å². The normalized spacial score (nSPS) is 8.44. The Labute approximate surface area is 56.7 Å². The Bertz CT molecular complexity index is 237. The van der Waals surface area contributed by atoms with E-state index in [-0.39, 0.29) is 0 Å². The minimum atomic E-state index is 0.419. The average molecular weight is 140 g/mol. The standard InChI is InChI=1S/C5H4N2OS/c1-8-5-4(2-6)3-9-7-5/h3H,1H3. The second-order valence-corrected chi connectivity index (χ2v) is 1.98. The van der Waals surface area contributed by atoms with Gasteiger partial charge in [0.05, 0.1) is 7.11 Å². The molecule has 46 valence electrons. The van der Waals surface area contributed by atoms with E-state index in [4.69, 9.17) is 10.00 Å². The van der Waals surface area contributed by atoms with Gasteiger partial charge in [0.15, 0.2) is 0 Å². The van der Waals surface area contributed by atoms with E-state index in [2.05, 4.69) is 4.37 Å². The minimum absolute atomic E-state index is 0.419. The van der Waals surface area contributed by atoms with Crippen molar-refractivity contribution < 1.29 is 4.74 Å². The molecule has 0 aromatic carbocycles. The van der Waals surface area contributed by atoms with Crippen LogP contribution in [0.2, 0.25) is 0 Å². The van der Waals surface area contributed by atoms with Crippen LogP contribution in [-0.2, 0) is 0 Å². The molecule has 0 spiro atoms. The molecule has 1 heterocycles. The summed E-state index contributed by atoms with van der Waals surface area (Å²) in [4.78, 5) is 0. The van der Waals surface area contributed by atoms with Gasteiger partial charge in [0.1, 0.15) is 11.6 Å². The summed E-state index contributed by atoms with van der Waals surface area (Å²) in [5.74, 6) is 0.419. The van der Waals surface area contributed by atoms with Gasteiger partial charge in [-0.05, 0) is 11.5 Å². The number of rotatable bonds is 1. The first-order chi connectivity index (χ1) is 4.38. The Morgan fingerprint density at radius 2 is 2.67 bits per heavy atom. The zero-order valence-electron chi connectivity index (χ0n) is 4.79. The molecule has 1 aromatic rings. The van der Waals surface area contributed by atoms with Gasteiger partial charge in [0.25, 0.3) is 0 Å². The number of aromatic nitrogens is 1. The predicted octanol–water partition coefficient (Wildman–Crippen LogP) is 1.02. The highest BCUT2D eigenvalue weighted by molar-refractivity contribution is 7.03. The lowest BCUT2D eigenvalue weighted by Gasteiger charge is -1.88. The molecule has 0 N–H and O–H groups in total. The molecule has 0 radical (unpaired) electrons. The van der Waals surface area contributed by atoms with Crippen LogP contribution in [-0.4, -0.2) is 11.5 Å². The molecule has 0 aliphatic rings. The van der Waals surface area contributed by atoms with E-state index in [0.717, 1.165) is 0 Å². The third-order valence-electron chi connectivity index (χ3n) is 0.850. The Morgan fingerprint density at radius 1 is 1.89 bits per heavy atom. The zero-order chi connectivity index (χ0) is 6.69. The van der Waals surface area contributed by atoms with E-state index in [0.29, 0.717) is 11.4 Å². The maximum atomic E-state index is 8.38. The molecule has 0 atom stereocenters. The molecule has 1 rings (SSSR count). The van der Waals surface area contributed by atoms with Crippen molar-refractivity contribution in [3.63, 3.8) is 0 Å². The van der Waals surface area contributed by atoms with E-state index in [1.807, 2.05) is 6.07 Å². The lowest BCUT2D eigenvalue weighted by molar-refractivity contribution is 0.401. The summed E-state index contributed by atoms with van der Waals surface area (Å²) < 4.78 is 8.56. The quantitative estimate of drug-likeness (QED) is 0.585. The molecule has 0 saturated heterocycles. The molecule has 0 fully saturated rings. The van der Waals surface area contributed by atoms with Crippen LogP contribution in [0.25, 0.3) is 0 Å². The van der Waals surface area contributed by atoms with Gasteiger partial charge in [-0.25, -0.2) is 0 Å². The summed E-state index contributed by atoms with van der Waals surface area (Å²) in [5.41, 5.74) is 0.502. The summed E-state index contributed by atoms with van der Waals surface area (Å²) in [5, 5.41) is 10.0. The van der Waals surface area contributed by atoms with Gasteiger partial charge in [0, 0.05) is 5.38 Å². The summed E-state index contributed by atoms with van der Waals surface area (Å²) in [6.07, 6.45) is 0. The van der Waals surface area contributed by atoms with Crippen molar-refractivity contribution in [2.75, 3.05) is 7.11 Å². The SMILES string of the molecule is COc1nscc1C#N. The van der Waals surface area contributed by atoms with Crippen molar-refractivity contribution in [1.82, 2.24) is 4.37 Å². The molecule has 0 amide bonds. The Morgan fingerprint density at radius 3 is 3.11 bits per heavy atom. The van der Waals surface area contributed by atoms with Crippen LogP contribution in [0.1, 0.15) is 5.56 Å². The molecule has 0 aliphatic carbocycles. The van der Waals surface area contributed by atoms with Gasteiger partial charge in [-0.3, -0.25) is 0 Å². The van der Waals surface area contributed by atoms with E-state index in [1.54, 1.807) is 5.38 Å². The largest absolute Gasteiger partial charge is 0.479 e. The maximum absolute atomic E-state index is 8.38. The van der Waals surface area contributed by atoms with Crippen LogP contribution in [0, 0.1) is 11.3 Å². The van der Waals surface area contributed by atoms with Crippen molar-refractivity contribution in [1.29, 1.82) is 5.26 Å². The third-order valence-corrected chi connectivity index (χ3v) is 1.46. The number of methoxy groups -OCH3 is 1. The predicted molar refractivity (Wildman–Crippen MR) is 33.4 cm³/mol. The second-order valence-electron chi connectivity index (χ2n) is 1.35. The van der Waals surface area contributed by atoms with Crippen molar-refractivity contribution in [2.45, 2.75) is 0 Å². The molecular weight excluding hydrogens is 136 g/mol.